The Labute approximate surface area is 110 Å². The fraction of sp³-hybridized carbons (Fsp3) is 0.625. The Morgan fingerprint density at radius 1 is 1.39 bits per heavy atom. The Balaban J connectivity index is 2.27. The molecule has 0 radical (unpaired) electrons. The van der Waals surface area contributed by atoms with Gasteiger partial charge < -0.3 is 9.84 Å². The third-order valence-electron chi connectivity index (χ3n) is 4.05. The van der Waals surface area contributed by atoms with Crippen molar-refractivity contribution in [2.75, 3.05) is 0 Å². The number of unbranched alkanes of at least 4 members (excludes halogenated alkanes) is 1. The highest BCUT2D eigenvalue weighted by Crippen LogP contribution is 2.43. The van der Waals surface area contributed by atoms with Gasteiger partial charge in [0, 0.05) is 12.0 Å². The molecule has 1 heterocycles. The first-order chi connectivity index (χ1) is 8.60. The quantitative estimate of drug-likeness (QED) is 0.867. The molecule has 1 unspecified atom stereocenters. The van der Waals surface area contributed by atoms with Crippen molar-refractivity contribution in [3.05, 3.63) is 29.3 Å². The van der Waals surface area contributed by atoms with E-state index in [9.17, 15) is 5.11 Å². The summed E-state index contributed by atoms with van der Waals surface area (Å²) in [5.41, 5.74) is 1.96. The summed E-state index contributed by atoms with van der Waals surface area (Å²) in [7, 11) is 0. The molecule has 0 spiro atoms. The van der Waals surface area contributed by atoms with Crippen LogP contribution in [0.2, 0.25) is 0 Å². The van der Waals surface area contributed by atoms with Gasteiger partial charge in [0.05, 0.1) is 6.10 Å². The number of fused-ring (bicyclic) bond motifs is 1. The molecule has 1 aromatic rings. The zero-order valence-corrected chi connectivity index (χ0v) is 11.7. The van der Waals surface area contributed by atoms with Crippen LogP contribution in [0.15, 0.2) is 18.2 Å². The fourth-order valence-electron chi connectivity index (χ4n) is 2.80. The van der Waals surface area contributed by atoms with Crippen LogP contribution in [0.25, 0.3) is 0 Å². The zero-order chi connectivity index (χ0) is 13.2. The number of hydrogen-bond acceptors (Lipinski definition) is 2. The van der Waals surface area contributed by atoms with E-state index in [-0.39, 0.29) is 11.7 Å². The third-order valence-corrected chi connectivity index (χ3v) is 4.05. The van der Waals surface area contributed by atoms with Crippen LogP contribution in [0, 0.1) is 6.92 Å². The lowest BCUT2D eigenvalue weighted by Crippen LogP contribution is -2.40. The molecule has 1 aromatic carbocycles. The summed E-state index contributed by atoms with van der Waals surface area (Å²) in [6.45, 7) is 6.40. The van der Waals surface area contributed by atoms with Gasteiger partial charge in [-0.3, -0.25) is 0 Å². The van der Waals surface area contributed by atoms with Crippen LogP contribution in [-0.4, -0.2) is 10.7 Å². The van der Waals surface area contributed by atoms with Gasteiger partial charge in [-0.25, -0.2) is 0 Å². The highest BCUT2D eigenvalue weighted by molar-refractivity contribution is 5.40. The van der Waals surface area contributed by atoms with E-state index in [2.05, 4.69) is 19.9 Å². The zero-order valence-electron chi connectivity index (χ0n) is 11.7. The van der Waals surface area contributed by atoms with Crippen molar-refractivity contribution in [3.8, 4) is 5.75 Å². The van der Waals surface area contributed by atoms with Crippen LogP contribution in [0.3, 0.4) is 0 Å². The minimum atomic E-state index is -0.384. The Bertz CT molecular complexity index is 414. The summed E-state index contributed by atoms with van der Waals surface area (Å²) in [6.07, 6.45) is 4.65. The monoisotopic (exact) mass is 248 g/mol. The average molecular weight is 248 g/mol. The highest BCUT2D eigenvalue weighted by atomic mass is 16.5. The van der Waals surface area contributed by atoms with Crippen molar-refractivity contribution < 1.29 is 9.84 Å². The predicted molar refractivity (Wildman–Crippen MR) is 73.9 cm³/mol. The maximum atomic E-state index is 10.4. The van der Waals surface area contributed by atoms with Crippen molar-refractivity contribution in [1.29, 1.82) is 0 Å². The summed E-state index contributed by atoms with van der Waals surface area (Å²) in [6, 6.07) is 6.10. The van der Waals surface area contributed by atoms with Gasteiger partial charge in [0.2, 0.25) is 0 Å². The van der Waals surface area contributed by atoms with Crippen LogP contribution in [0.1, 0.15) is 63.2 Å². The second-order valence-electron chi connectivity index (χ2n) is 5.50. The van der Waals surface area contributed by atoms with Gasteiger partial charge in [0.15, 0.2) is 0 Å². The Morgan fingerprint density at radius 2 is 2.17 bits per heavy atom. The molecule has 0 saturated carbocycles. The molecule has 2 heteroatoms. The Kier molecular flexibility index (Phi) is 3.96. The standard InChI is InChI=1S/C16H24O2/c1-4-6-9-16(5-2)11-14(17)13-10-12(3)7-8-15(13)18-16/h7-8,10,14,17H,4-6,9,11H2,1-3H3/t14-,16?/m1/s1. The molecule has 0 amide bonds. The number of aryl methyl sites for hydroxylation is 1. The van der Waals surface area contributed by atoms with E-state index in [1.54, 1.807) is 0 Å². The topological polar surface area (TPSA) is 29.5 Å². The third kappa shape index (κ3) is 2.54. The number of rotatable bonds is 4. The van der Waals surface area contributed by atoms with Crippen molar-refractivity contribution in [1.82, 2.24) is 0 Å². The summed E-state index contributed by atoms with van der Waals surface area (Å²) in [5, 5.41) is 10.4. The molecule has 18 heavy (non-hydrogen) atoms. The van der Waals surface area contributed by atoms with Gasteiger partial charge in [-0.2, -0.15) is 0 Å². The van der Waals surface area contributed by atoms with E-state index in [0.717, 1.165) is 37.0 Å². The van der Waals surface area contributed by atoms with E-state index in [1.165, 1.54) is 12.0 Å². The minimum absolute atomic E-state index is 0.169. The first-order valence-corrected chi connectivity index (χ1v) is 7.08. The van der Waals surface area contributed by atoms with E-state index in [0.29, 0.717) is 0 Å². The average Bonchev–Trinajstić information content (AvgIpc) is 2.37. The molecular weight excluding hydrogens is 224 g/mol. The van der Waals surface area contributed by atoms with Crippen LogP contribution < -0.4 is 4.74 Å². The molecule has 1 aliphatic rings. The summed E-state index contributed by atoms with van der Waals surface area (Å²) in [5.74, 6) is 0.873. The Morgan fingerprint density at radius 3 is 2.83 bits per heavy atom. The van der Waals surface area contributed by atoms with Crippen molar-refractivity contribution in [2.45, 2.75) is 64.6 Å². The maximum absolute atomic E-state index is 10.4. The van der Waals surface area contributed by atoms with E-state index in [1.807, 2.05) is 19.1 Å². The summed E-state index contributed by atoms with van der Waals surface area (Å²) < 4.78 is 6.24. The van der Waals surface area contributed by atoms with Gasteiger partial charge >= 0.3 is 0 Å². The van der Waals surface area contributed by atoms with Crippen LogP contribution >= 0.6 is 0 Å². The van der Waals surface area contributed by atoms with E-state index in [4.69, 9.17) is 4.74 Å². The van der Waals surface area contributed by atoms with Gasteiger partial charge in [-0.1, -0.05) is 31.9 Å². The van der Waals surface area contributed by atoms with Crippen molar-refractivity contribution >= 4 is 0 Å². The molecule has 2 atom stereocenters. The molecule has 0 fully saturated rings. The second-order valence-corrected chi connectivity index (χ2v) is 5.50. The van der Waals surface area contributed by atoms with Gasteiger partial charge in [0.1, 0.15) is 11.4 Å². The number of aliphatic hydroxyl groups excluding tert-OH is 1. The number of aliphatic hydroxyl groups is 1. The number of benzene rings is 1. The number of hydrogen-bond donors (Lipinski definition) is 1. The summed E-state index contributed by atoms with van der Waals surface area (Å²) >= 11 is 0. The largest absolute Gasteiger partial charge is 0.487 e. The molecule has 2 nitrogen and oxygen atoms in total. The summed E-state index contributed by atoms with van der Waals surface area (Å²) in [4.78, 5) is 0. The molecule has 0 bridgehead atoms. The molecule has 100 valence electrons. The van der Waals surface area contributed by atoms with Gasteiger partial charge in [0.25, 0.3) is 0 Å². The van der Waals surface area contributed by atoms with Crippen molar-refractivity contribution in [2.24, 2.45) is 0 Å². The van der Waals surface area contributed by atoms with Crippen LogP contribution in [-0.2, 0) is 0 Å². The first kappa shape index (κ1) is 13.4. The molecule has 0 aliphatic carbocycles. The minimum Gasteiger partial charge on any atom is -0.487 e. The molecule has 1 aliphatic heterocycles. The van der Waals surface area contributed by atoms with E-state index < -0.39 is 0 Å². The van der Waals surface area contributed by atoms with Crippen molar-refractivity contribution in [3.63, 3.8) is 0 Å². The normalized spacial score (nSPS) is 26.6. The smallest absolute Gasteiger partial charge is 0.125 e. The predicted octanol–water partition coefficient (Wildman–Crippen LogP) is 4.15. The first-order valence-electron chi connectivity index (χ1n) is 7.08. The van der Waals surface area contributed by atoms with E-state index >= 15 is 0 Å². The highest BCUT2D eigenvalue weighted by Gasteiger charge is 2.38. The SMILES string of the molecule is CCCCC1(CC)C[C@@H](O)c2cc(C)ccc2O1. The maximum Gasteiger partial charge on any atom is 0.125 e. The lowest BCUT2D eigenvalue weighted by atomic mass is 9.83. The Hall–Kier alpha value is -1.02. The molecule has 0 saturated heterocycles. The molecule has 1 N–H and O–H groups in total. The van der Waals surface area contributed by atoms with Gasteiger partial charge in [-0.15, -0.1) is 0 Å². The molecular formula is C16H24O2. The lowest BCUT2D eigenvalue weighted by molar-refractivity contribution is -0.0241. The number of ether oxygens (including phenoxy) is 1. The van der Waals surface area contributed by atoms with Gasteiger partial charge in [-0.05, 0) is 38.3 Å². The van der Waals surface area contributed by atoms with Crippen LogP contribution in [0.4, 0.5) is 0 Å². The molecule has 0 aromatic heterocycles. The lowest BCUT2D eigenvalue weighted by Gasteiger charge is -2.40. The van der Waals surface area contributed by atoms with Crippen LogP contribution in [0.5, 0.6) is 5.75 Å². The second kappa shape index (κ2) is 5.31. The fourth-order valence-corrected chi connectivity index (χ4v) is 2.80. The molecule has 2 rings (SSSR count).